The number of para-hydroxylation sites is 1. The van der Waals surface area contributed by atoms with E-state index in [9.17, 15) is 18.4 Å². The SMILES string of the molecule is CNC(=O)C(NC(=O)c1cc2ccccc2n1Cc1ccccc1)c1ccc(F)c(F)c1. The molecular weight excluding hydrogens is 412 g/mol. The monoisotopic (exact) mass is 433 g/mol. The first-order chi connectivity index (χ1) is 15.5. The summed E-state index contributed by atoms with van der Waals surface area (Å²) in [6.45, 7) is 0.451. The maximum Gasteiger partial charge on any atom is 0.268 e. The van der Waals surface area contributed by atoms with E-state index in [0.29, 0.717) is 12.2 Å². The van der Waals surface area contributed by atoms with Crippen molar-refractivity contribution >= 4 is 22.7 Å². The summed E-state index contributed by atoms with van der Waals surface area (Å²) in [6.07, 6.45) is 0. The van der Waals surface area contributed by atoms with Crippen molar-refractivity contribution in [1.29, 1.82) is 0 Å². The van der Waals surface area contributed by atoms with E-state index in [2.05, 4.69) is 10.6 Å². The normalized spacial score (nSPS) is 11.8. The molecule has 1 atom stereocenters. The number of rotatable bonds is 6. The van der Waals surface area contributed by atoms with Crippen LogP contribution in [0.1, 0.15) is 27.7 Å². The van der Waals surface area contributed by atoms with E-state index in [1.165, 1.54) is 13.1 Å². The summed E-state index contributed by atoms with van der Waals surface area (Å²) in [5, 5.41) is 6.01. The van der Waals surface area contributed by atoms with E-state index in [4.69, 9.17) is 0 Å². The van der Waals surface area contributed by atoms with Crippen molar-refractivity contribution in [2.24, 2.45) is 0 Å². The topological polar surface area (TPSA) is 63.1 Å². The summed E-state index contributed by atoms with van der Waals surface area (Å²) >= 11 is 0. The van der Waals surface area contributed by atoms with Crippen LogP contribution in [0.25, 0.3) is 10.9 Å². The Morgan fingerprint density at radius 2 is 1.62 bits per heavy atom. The Balaban J connectivity index is 1.72. The fourth-order valence-electron chi connectivity index (χ4n) is 3.68. The van der Waals surface area contributed by atoms with Crippen molar-refractivity contribution < 1.29 is 18.4 Å². The van der Waals surface area contributed by atoms with Gasteiger partial charge >= 0.3 is 0 Å². The molecule has 0 spiro atoms. The standard InChI is InChI=1S/C25H21F2N3O2/c1-28-25(32)23(18-11-12-19(26)20(27)13-18)29-24(31)22-14-17-9-5-6-10-21(17)30(22)15-16-7-3-2-4-8-16/h2-14,23H,15H2,1H3,(H,28,32)(H,29,31). The van der Waals surface area contributed by atoms with Gasteiger partial charge in [-0.05, 0) is 35.4 Å². The molecule has 4 rings (SSSR count). The summed E-state index contributed by atoms with van der Waals surface area (Å²) in [5.41, 5.74) is 2.37. The average Bonchev–Trinajstić information content (AvgIpc) is 3.18. The third kappa shape index (κ3) is 4.23. The molecule has 0 aliphatic heterocycles. The first-order valence-corrected chi connectivity index (χ1v) is 10.1. The molecule has 7 heteroatoms. The van der Waals surface area contributed by atoms with Crippen molar-refractivity contribution in [3.05, 3.63) is 107 Å². The second-order valence-corrected chi connectivity index (χ2v) is 7.35. The zero-order valence-electron chi connectivity index (χ0n) is 17.3. The lowest BCUT2D eigenvalue weighted by Gasteiger charge is -2.19. The minimum Gasteiger partial charge on any atom is -0.357 e. The molecule has 3 aromatic carbocycles. The Morgan fingerprint density at radius 1 is 0.906 bits per heavy atom. The van der Waals surface area contributed by atoms with E-state index >= 15 is 0 Å². The third-order valence-electron chi connectivity index (χ3n) is 5.29. The Bertz CT molecular complexity index is 1290. The van der Waals surface area contributed by atoms with E-state index in [0.717, 1.165) is 28.6 Å². The summed E-state index contributed by atoms with van der Waals surface area (Å²) in [5.74, 6) is -3.17. The number of carbonyl (C=O) groups excluding carboxylic acids is 2. The highest BCUT2D eigenvalue weighted by Crippen LogP contribution is 2.23. The largest absolute Gasteiger partial charge is 0.357 e. The van der Waals surface area contributed by atoms with Crippen LogP contribution in [0, 0.1) is 11.6 Å². The highest BCUT2D eigenvalue weighted by Gasteiger charge is 2.25. The minimum atomic E-state index is -1.19. The van der Waals surface area contributed by atoms with Gasteiger partial charge in [-0.25, -0.2) is 8.78 Å². The van der Waals surface area contributed by atoms with Gasteiger partial charge in [0, 0.05) is 24.5 Å². The number of benzene rings is 3. The zero-order chi connectivity index (χ0) is 22.7. The van der Waals surface area contributed by atoms with Crippen LogP contribution in [-0.4, -0.2) is 23.4 Å². The fraction of sp³-hybridized carbons (Fsp3) is 0.120. The van der Waals surface area contributed by atoms with Gasteiger partial charge in [0.2, 0.25) is 5.91 Å². The molecule has 1 unspecified atom stereocenters. The zero-order valence-corrected chi connectivity index (χ0v) is 17.3. The van der Waals surface area contributed by atoms with Crippen molar-refractivity contribution in [1.82, 2.24) is 15.2 Å². The van der Waals surface area contributed by atoms with Gasteiger partial charge in [0.05, 0.1) is 0 Å². The predicted octanol–water partition coefficient (Wildman–Crippen LogP) is 4.18. The molecule has 0 aliphatic rings. The fourth-order valence-corrected chi connectivity index (χ4v) is 3.68. The molecular formula is C25H21F2N3O2. The van der Waals surface area contributed by atoms with Crippen LogP contribution in [-0.2, 0) is 11.3 Å². The van der Waals surface area contributed by atoms with Crippen LogP contribution in [0.2, 0.25) is 0 Å². The van der Waals surface area contributed by atoms with Crippen LogP contribution < -0.4 is 10.6 Å². The molecule has 0 aliphatic carbocycles. The smallest absolute Gasteiger partial charge is 0.268 e. The number of likely N-dealkylation sites (N-methyl/N-ethyl adjacent to an activating group) is 1. The first kappa shape index (κ1) is 21.2. The lowest BCUT2D eigenvalue weighted by Crippen LogP contribution is -2.39. The van der Waals surface area contributed by atoms with Gasteiger partial charge in [0.15, 0.2) is 11.6 Å². The van der Waals surface area contributed by atoms with E-state index in [-0.39, 0.29) is 5.56 Å². The van der Waals surface area contributed by atoms with Gasteiger partial charge in [-0.3, -0.25) is 9.59 Å². The number of hydrogen-bond acceptors (Lipinski definition) is 2. The van der Waals surface area contributed by atoms with Crippen LogP contribution in [0.4, 0.5) is 8.78 Å². The van der Waals surface area contributed by atoms with Crippen molar-refractivity contribution in [2.75, 3.05) is 7.05 Å². The first-order valence-electron chi connectivity index (χ1n) is 10.1. The number of halogens is 2. The molecule has 2 amide bonds. The second kappa shape index (κ2) is 9.01. The summed E-state index contributed by atoms with van der Waals surface area (Å²) in [6, 6.07) is 21.0. The molecule has 0 saturated carbocycles. The molecule has 2 N–H and O–H groups in total. The summed E-state index contributed by atoms with van der Waals surface area (Å²) in [4.78, 5) is 25.8. The van der Waals surface area contributed by atoms with Gasteiger partial charge in [0.1, 0.15) is 11.7 Å². The van der Waals surface area contributed by atoms with Crippen molar-refractivity contribution in [3.8, 4) is 0 Å². The van der Waals surface area contributed by atoms with E-state index < -0.39 is 29.5 Å². The molecule has 0 bridgehead atoms. The quantitative estimate of drug-likeness (QED) is 0.479. The van der Waals surface area contributed by atoms with Crippen LogP contribution in [0.5, 0.6) is 0 Å². The Hall–Kier alpha value is -4.00. The highest BCUT2D eigenvalue weighted by molar-refractivity contribution is 6.01. The Kier molecular flexibility index (Phi) is 5.98. The maximum absolute atomic E-state index is 13.8. The number of nitrogens with one attached hydrogen (secondary N) is 2. The third-order valence-corrected chi connectivity index (χ3v) is 5.29. The highest BCUT2D eigenvalue weighted by atomic mass is 19.2. The van der Waals surface area contributed by atoms with Crippen LogP contribution in [0.3, 0.4) is 0 Å². The number of aromatic nitrogens is 1. The van der Waals surface area contributed by atoms with Crippen molar-refractivity contribution in [2.45, 2.75) is 12.6 Å². The molecule has 1 heterocycles. The molecule has 4 aromatic rings. The molecule has 5 nitrogen and oxygen atoms in total. The van der Waals surface area contributed by atoms with Crippen molar-refractivity contribution in [3.63, 3.8) is 0 Å². The molecule has 1 aromatic heterocycles. The number of hydrogen-bond donors (Lipinski definition) is 2. The molecule has 0 radical (unpaired) electrons. The average molecular weight is 433 g/mol. The summed E-state index contributed by atoms with van der Waals surface area (Å²) in [7, 11) is 1.41. The molecule has 162 valence electrons. The van der Waals surface area contributed by atoms with Gasteiger partial charge < -0.3 is 15.2 Å². The predicted molar refractivity (Wildman–Crippen MR) is 118 cm³/mol. The molecule has 0 fully saturated rings. The number of amides is 2. The number of carbonyl (C=O) groups is 2. The number of fused-ring (bicyclic) bond motifs is 1. The van der Waals surface area contributed by atoms with Crippen LogP contribution in [0.15, 0.2) is 78.9 Å². The maximum atomic E-state index is 13.8. The van der Waals surface area contributed by atoms with E-state index in [1.807, 2.05) is 59.2 Å². The minimum absolute atomic E-state index is 0.141. The molecule has 0 saturated heterocycles. The summed E-state index contributed by atoms with van der Waals surface area (Å²) < 4.78 is 29.0. The lowest BCUT2D eigenvalue weighted by atomic mass is 10.1. The number of nitrogens with zero attached hydrogens (tertiary/aromatic N) is 1. The molecule has 32 heavy (non-hydrogen) atoms. The van der Waals surface area contributed by atoms with Gasteiger partial charge in [-0.15, -0.1) is 0 Å². The van der Waals surface area contributed by atoms with Gasteiger partial charge in [0.25, 0.3) is 5.91 Å². The van der Waals surface area contributed by atoms with Crippen LogP contribution >= 0.6 is 0 Å². The van der Waals surface area contributed by atoms with Gasteiger partial charge in [-0.1, -0.05) is 54.6 Å². The van der Waals surface area contributed by atoms with Gasteiger partial charge in [-0.2, -0.15) is 0 Å². The lowest BCUT2D eigenvalue weighted by molar-refractivity contribution is -0.122. The Morgan fingerprint density at radius 3 is 2.34 bits per heavy atom. The van der Waals surface area contributed by atoms with E-state index in [1.54, 1.807) is 6.07 Å². The Labute approximate surface area is 183 Å². The second-order valence-electron chi connectivity index (χ2n) is 7.35.